The van der Waals surface area contributed by atoms with Crippen molar-refractivity contribution in [2.45, 2.75) is 49.5 Å². The summed E-state index contributed by atoms with van der Waals surface area (Å²) in [6.45, 7) is 0. The highest BCUT2D eigenvalue weighted by Crippen LogP contribution is 2.64. The maximum absolute atomic E-state index is 6.06. The maximum Gasteiger partial charge on any atom is 0.242 e. The van der Waals surface area contributed by atoms with Crippen molar-refractivity contribution in [3.63, 3.8) is 0 Å². The van der Waals surface area contributed by atoms with Gasteiger partial charge in [0, 0.05) is 5.41 Å². The lowest BCUT2D eigenvalue weighted by Crippen LogP contribution is -2.58. The molecule has 4 heterocycles. The first-order valence-electron chi connectivity index (χ1n) is 9.75. The lowest BCUT2D eigenvalue weighted by Gasteiger charge is -2.60. The molecule has 0 spiro atoms. The summed E-state index contributed by atoms with van der Waals surface area (Å²) in [6, 6.07) is 0. The highest BCUT2D eigenvalue weighted by molar-refractivity contribution is 6.28. The van der Waals surface area contributed by atoms with Crippen LogP contribution in [0.15, 0.2) is 18.9 Å². The van der Waals surface area contributed by atoms with Crippen LogP contribution in [0.5, 0.6) is 0 Å². The minimum atomic E-state index is -0.0232. The first-order valence-corrected chi connectivity index (χ1v) is 10.1. The Bertz CT molecular complexity index is 1220. The van der Waals surface area contributed by atoms with Gasteiger partial charge >= 0.3 is 0 Å². The van der Waals surface area contributed by atoms with E-state index in [1.165, 1.54) is 6.42 Å². The number of aromatic amines is 1. The van der Waals surface area contributed by atoms with Crippen molar-refractivity contribution in [2.75, 3.05) is 0 Å². The van der Waals surface area contributed by atoms with E-state index in [0.717, 1.165) is 54.6 Å². The monoisotopic (exact) mass is 395 g/mol. The maximum atomic E-state index is 6.06. The fourth-order valence-corrected chi connectivity index (χ4v) is 6.81. The van der Waals surface area contributed by atoms with E-state index in [0.29, 0.717) is 17.1 Å². The van der Waals surface area contributed by atoms with Crippen LogP contribution in [0.3, 0.4) is 0 Å². The third-order valence-corrected chi connectivity index (χ3v) is 7.42. The molecule has 0 aliphatic heterocycles. The fourth-order valence-electron chi connectivity index (χ4n) is 6.68. The molecule has 1 N–H and O–H groups in total. The Balaban J connectivity index is 1.40. The van der Waals surface area contributed by atoms with Crippen LogP contribution in [-0.4, -0.2) is 44.5 Å². The van der Waals surface area contributed by atoms with Crippen molar-refractivity contribution in [1.29, 1.82) is 0 Å². The molecule has 0 saturated heterocycles. The van der Waals surface area contributed by atoms with Gasteiger partial charge in [0.25, 0.3) is 0 Å². The Morgan fingerprint density at radius 3 is 2.71 bits per heavy atom. The van der Waals surface area contributed by atoms with E-state index in [1.807, 2.05) is 4.68 Å². The van der Waals surface area contributed by atoms with E-state index in [-0.39, 0.29) is 11.0 Å². The van der Waals surface area contributed by atoms with Gasteiger partial charge in [0.15, 0.2) is 17.1 Å². The number of nitrogens with one attached hydrogen (secondary N) is 1. The predicted octanol–water partition coefficient (Wildman–Crippen LogP) is 2.49. The number of fused-ring (bicyclic) bond motifs is 3. The van der Waals surface area contributed by atoms with E-state index >= 15 is 0 Å². The third-order valence-electron chi connectivity index (χ3n) is 7.24. The summed E-state index contributed by atoms with van der Waals surface area (Å²) in [4.78, 5) is 13.6. The van der Waals surface area contributed by atoms with Crippen LogP contribution in [0.25, 0.3) is 16.7 Å². The van der Waals surface area contributed by atoms with Crippen molar-refractivity contribution in [2.24, 2.45) is 11.8 Å². The Labute approximate surface area is 164 Å². The van der Waals surface area contributed by atoms with Crippen molar-refractivity contribution in [3.05, 3.63) is 30.0 Å². The summed E-state index contributed by atoms with van der Waals surface area (Å²) in [5.74, 6) is 2.28. The molecule has 142 valence electrons. The van der Waals surface area contributed by atoms with Gasteiger partial charge in [-0.05, 0) is 62.0 Å². The van der Waals surface area contributed by atoms with Gasteiger partial charge in [-0.25, -0.2) is 24.1 Å². The zero-order chi connectivity index (χ0) is 18.5. The highest BCUT2D eigenvalue weighted by Gasteiger charge is 2.61. The van der Waals surface area contributed by atoms with Gasteiger partial charge in [0.1, 0.15) is 12.7 Å². The molecule has 4 bridgehead atoms. The van der Waals surface area contributed by atoms with Crippen LogP contribution in [0.1, 0.15) is 44.3 Å². The number of H-pyrrole nitrogens is 1. The highest BCUT2D eigenvalue weighted by atomic mass is 35.5. The molecule has 8 rings (SSSR count). The quantitative estimate of drug-likeness (QED) is 0.559. The minimum absolute atomic E-state index is 0.0229. The van der Waals surface area contributed by atoms with Crippen LogP contribution in [0.4, 0.5) is 0 Å². The number of aromatic nitrogens is 9. The second-order valence-electron chi connectivity index (χ2n) is 9.00. The van der Waals surface area contributed by atoms with E-state index in [2.05, 4.69) is 25.3 Å². The van der Waals surface area contributed by atoms with E-state index < -0.39 is 0 Å². The second-order valence-corrected chi connectivity index (χ2v) is 9.34. The molecule has 4 aromatic rings. The molecular weight excluding hydrogens is 378 g/mol. The van der Waals surface area contributed by atoms with Gasteiger partial charge in [-0.2, -0.15) is 5.10 Å². The van der Waals surface area contributed by atoms with Gasteiger partial charge in [0.2, 0.25) is 5.28 Å². The Morgan fingerprint density at radius 2 is 1.93 bits per heavy atom. The average Bonchev–Trinajstić information content (AvgIpc) is 3.38. The van der Waals surface area contributed by atoms with Crippen molar-refractivity contribution < 1.29 is 0 Å². The zero-order valence-corrected chi connectivity index (χ0v) is 15.8. The molecule has 0 amide bonds. The minimum Gasteiger partial charge on any atom is -0.261 e. The van der Waals surface area contributed by atoms with E-state index in [4.69, 9.17) is 21.7 Å². The van der Waals surface area contributed by atoms with Gasteiger partial charge in [-0.15, -0.1) is 10.2 Å². The molecule has 0 unspecified atom stereocenters. The van der Waals surface area contributed by atoms with Crippen LogP contribution in [0.2, 0.25) is 5.28 Å². The fraction of sp³-hybridized carbons (Fsp3) is 0.556. The first kappa shape index (κ1) is 15.4. The van der Waals surface area contributed by atoms with Gasteiger partial charge in [-0.1, -0.05) is 0 Å². The number of halogens is 1. The molecule has 2 atom stereocenters. The molecule has 4 fully saturated rings. The average molecular weight is 396 g/mol. The molecule has 0 aromatic carbocycles. The number of rotatable bonds is 2. The van der Waals surface area contributed by atoms with Crippen LogP contribution >= 0.6 is 11.6 Å². The third kappa shape index (κ3) is 1.87. The molecule has 28 heavy (non-hydrogen) atoms. The summed E-state index contributed by atoms with van der Waals surface area (Å²) < 4.78 is 3.83. The number of hydrogen-bond donors (Lipinski definition) is 1. The van der Waals surface area contributed by atoms with Gasteiger partial charge in [-0.3, -0.25) is 5.10 Å². The van der Waals surface area contributed by atoms with Crippen LogP contribution < -0.4 is 0 Å². The largest absolute Gasteiger partial charge is 0.261 e. The molecule has 4 saturated carbocycles. The van der Waals surface area contributed by atoms with Crippen molar-refractivity contribution in [1.82, 2.24) is 44.5 Å². The molecule has 4 aliphatic carbocycles. The SMILES string of the molecule is Clc1ncn(C23C[C@@H]4C[C@H](CC(c5nc6c7cn[nH]c7ncn6n5)(C4)C2)C3)n1. The molecule has 10 heteroatoms. The lowest BCUT2D eigenvalue weighted by atomic mass is 9.46. The number of hydrogen-bond acceptors (Lipinski definition) is 6. The smallest absolute Gasteiger partial charge is 0.242 e. The Hall–Kier alpha value is -2.55. The van der Waals surface area contributed by atoms with Gasteiger partial charge in [0.05, 0.1) is 17.1 Å². The zero-order valence-electron chi connectivity index (χ0n) is 15.1. The van der Waals surface area contributed by atoms with Gasteiger partial charge < -0.3 is 0 Å². The van der Waals surface area contributed by atoms with Crippen molar-refractivity contribution in [3.8, 4) is 0 Å². The summed E-state index contributed by atoms with van der Waals surface area (Å²) in [5.41, 5.74) is 1.52. The summed E-state index contributed by atoms with van der Waals surface area (Å²) in [5, 5.41) is 17.6. The van der Waals surface area contributed by atoms with Crippen LogP contribution in [0, 0.1) is 11.8 Å². The normalized spacial score (nSPS) is 34.0. The summed E-state index contributed by atoms with van der Waals surface area (Å²) in [7, 11) is 0. The van der Waals surface area contributed by atoms with E-state index in [1.54, 1.807) is 23.4 Å². The van der Waals surface area contributed by atoms with E-state index in [9.17, 15) is 0 Å². The Morgan fingerprint density at radius 1 is 1.07 bits per heavy atom. The number of nitrogens with zero attached hydrogens (tertiary/aromatic N) is 8. The topological polar surface area (TPSA) is 102 Å². The van der Waals surface area contributed by atoms with Crippen molar-refractivity contribution >= 4 is 28.3 Å². The Kier molecular flexibility index (Phi) is 2.68. The first-order chi connectivity index (χ1) is 13.6. The predicted molar refractivity (Wildman–Crippen MR) is 99.8 cm³/mol. The summed E-state index contributed by atoms with van der Waals surface area (Å²) >= 11 is 6.06. The lowest BCUT2D eigenvalue weighted by molar-refractivity contribution is -0.0715. The standard InChI is InChI=1S/C18H18ClN9/c19-16-21-9-28(26-16)18-4-10-1-11(5-18)3-17(2-10,7-18)15-23-14-12-6-22-24-13(12)20-8-27(14)25-15/h6,8-11H,1-5,7H2,(H,22,24)/t10-,11-,17?,18?/m1/s1. The molecule has 9 nitrogen and oxygen atoms in total. The molecule has 4 aliphatic rings. The van der Waals surface area contributed by atoms with Crippen LogP contribution in [-0.2, 0) is 11.0 Å². The molecular formula is C18H18ClN9. The molecule has 0 radical (unpaired) electrons. The summed E-state index contributed by atoms with van der Waals surface area (Å²) in [6.07, 6.45) is 12.2. The molecule has 4 aromatic heterocycles. The second kappa shape index (κ2) is 4.89.